The van der Waals surface area contributed by atoms with Gasteiger partial charge < -0.3 is 18.9 Å². The molecule has 8 heterocycles. The Morgan fingerprint density at radius 3 is 0.839 bits per heavy atom. The van der Waals surface area contributed by atoms with Crippen molar-refractivity contribution in [1.29, 1.82) is 0 Å². The number of ether oxygens (including phenoxy) is 4. The van der Waals surface area contributed by atoms with Crippen molar-refractivity contribution in [1.82, 2.24) is 19.9 Å². The minimum Gasteiger partial charge on any atom is -0.466 e. The Balaban J connectivity index is 0.000000108. The maximum atomic E-state index is 12.1. The van der Waals surface area contributed by atoms with Crippen molar-refractivity contribution < 1.29 is 38.1 Å². The van der Waals surface area contributed by atoms with E-state index in [9.17, 15) is 19.2 Å². The minimum absolute atomic E-state index is 0.0181. The average Bonchev–Trinajstić information content (AvgIpc) is 1.51. The summed E-state index contributed by atoms with van der Waals surface area (Å²) in [6, 6.07) is 9.24. The van der Waals surface area contributed by atoms with E-state index in [1.807, 2.05) is 24.8 Å². The summed E-state index contributed by atoms with van der Waals surface area (Å²) in [7, 11) is 0. The van der Waals surface area contributed by atoms with Gasteiger partial charge in [0.25, 0.3) is 0 Å². The highest BCUT2D eigenvalue weighted by Gasteiger charge is 2.64. The smallest absolute Gasteiger partial charge is 0.306 e. The molecule has 12 fully saturated rings. The first-order valence-corrected chi connectivity index (χ1v) is 44.8. The molecule has 0 bridgehead atoms. The van der Waals surface area contributed by atoms with Gasteiger partial charge >= 0.3 is 23.9 Å². The second kappa shape index (κ2) is 29.9. The molecule has 20 rings (SSSR count). The molecule has 0 radical (unpaired) electrons. The Kier molecular flexibility index (Phi) is 20.8. The van der Waals surface area contributed by atoms with E-state index in [-0.39, 0.29) is 67.2 Å². The fourth-order valence-electron chi connectivity index (χ4n) is 30.3. The highest BCUT2D eigenvalue weighted by atomic mass is 16.5. The number of rotatable bonds is 4. The number of nitrogens with zero attached hydrogens (tertiary/aromatic N) is 4. The Bertz CT molecular complexity index is 3960. The minimum atomic E-state index is 0.0181. The number of aryl methyl sites for hydroxylation is 4. The summed E-state index contributed by atoms with van der Waals surface area (Å²) in [6.07, 6.45) is 57.8. The van der Waals surface area contributed by atoms with Crippen LogP contribution < -0.4 is 0 Å². The van der Waals surface area contributed by atoms with Gasteiger partial charge in [-0.1, -0.05) is 79.7 Å². The normalized spacial score (nSPS) is 42.5. The Morgan fingerprint density at radius 1 is 0.295 bits per heavy atom. The van der Waals surface area contributed by atoms with Gasteiger partial charge in [0.1, 0.15) is 0 Å². The first-order chi connectivity index (χ1) is 53.7. The van der Waals surface area contributed by atoms with Gasteiger partial charge in [-0.05, 0) is 411 Å². The van der Waals surface area contributed by atoms with E-state index in [1.54, 1.807) is 22.3 Å². The maximum absolute atomic E-state index is 12.1. The molecule has 112 heavy (non-hydrogen) atoms. The first kappa shape index (κ1) is 78.0. The molecule has 4 aromatic rings. The number of cyclic esters (lactones) is 4. The molecule has 0 amide bonds. The summed E-state index contributed by atoms with van der Waals surface area (Å²) in [5.74, 6) is 11.2. The molecule has 12 nitrogen and oxygen atoms in total. The van der Waals surface area contributed by atoms with E-state index >= 15 is 0 Å². The summed E-state index contributed by atoms with van der Waals surface area (Å²) in [6.45, 7) is 31.1. The van der Waals surface area contributed by atoms with Gasteiger partial charge in [-0.15, -0.1) is 0 Å². The van der Waals surface area contributed by atoms with Crippen LogP contribution in [-0.2, 0) is 38.1 Å². The lowest BCUT2D eigenvalue weighted by atomic mass is 9.46. The van der Waals surface area contributed by atoms with Crippen molar-refractivity contribution in [3.05, 3.63) is 143 Å². The lowest BCUT2D eigenvalue weighted by molar-refractivity contribution is -0.145. The van der Waals surface area contributed by atoms with Gasteiger partial charge in [-0.25, -0.2) is 0 Å². The fraction of sp³-hybridized carbons (Fsp3) is 0.680. The average molecular weight is 1520 g/mol. The summed E-state index contributed by atoms with van der Waals surface area (Å²) in [5.41, 5.74) is 18.6. The number of aromatic nitrogens is 4. The van der Waals surface area contributed by atoms with Crippen LogP contribution in [0, 0.1) is 166 Å². The zero-order valence-electron chi connectivity index (χ0n) is 70.2. The predicted octanol–water partition coefficient (Wildman–Crippen LogP) is 22.3. The van der Waals surface area contributed by atoms with E-state index in [4.69, 9.17) is 18.9 Å². The molecule has 0 N–H and O–H groups in total. The van der Waals surface area contributed by atoms with Crippen molar-refractivity contribution in [2.75, 3.05) is 26.4 Å². The summed E-state index contributed by atoms with van der Waals surface area (Å²) < 4.78 is 22.1. The molecule has 8 saturated carbocycles. The van der Waals surface area contributed by atoms with E-state index in [0.29, 0.717) is 75.8 Å². The topological polar surface area (TPSA) is 157 Å². The number of hydrogen-bond acceptors (Lipinski definition) is 12. The highest BCUT2D eigenvalue weighted by molar-refractivity contribution is 5.77. The van der Waals surface area contributed by atoms with Gasteiger partial charge in [-0.2, -0.15) is 0 Å². The van der Waals surface area contributed by atoms with Crippen LogP contribution in [0.2, 0.25) is 0 Å². The van der Waals surface area contributed by atoms with Crippen molar-refractivity contribution in [3.63, 3.8) is 0 Å². The van der Waals surface area contributed by atoms with E-state index in [1.165, 1.54) is 173 Å². The number of allylic oxidation sites excluding steroid dienone is 8. The number of carbonyl (C=O) groups is 4. The second-order valence-corrected chi connectivity index (χ2v) is 41.6. The quantitative estimate of drug-likeness (QED) is 0.141. The van der Waals surface area contributed by atoms with E-state index < -0.39 is 0 Å². The number of esters is 4. The van der Waals surface area contributed by atoms with Crippen LogP contribution in [0.15, 0.2) is 98.1 Å². The van der Waals surface area contributed by atoms with Crippen molar-refractivity contribution in [2.24, 2.45) is 138 Å². The highest BCUT2D eigenvalue weighted by Crippen LogP contribution is 2.72. The van der Waals surface area contributed by atoms with Crippen molar-refractivity contribution in [3.8, 4) is 0 Å². The molecule has 600 valence electrons. The number of hydrogen-bond donors (Lipinski definition) is 0. The second-order valence-electron chi connectivity index (χ2n) is 41.6. The van der Waals surface area contributed by atoms with Crippen LogP contribution in [0.4, 0.5) is 0 Å². The molecule has 24 atom stereocenters. The first-order valence-electron chi connectivity index (χ1n) is 44.8. The molecule has 0 spiro atoms. The van der Waals surface area contributed by atoms with Crippen LogP contribution in [0.25, 0.3) is 22.3 Å². The van der Waals surface area contributed by atoms with Gasteiger partial charge in [0.15, 0.2) is 0 Å². The third-order valence-electron chi connectivity index (χ3n) is 36.6. The van der Waals surface area contributed by atoms with Gasteiger partial charge in [0, 0.05) is 75.3 Å². The molecule has 12 heteroatoms. The molecule has 0 aromatic carbocycles. The van der Waals surface area contributed by atoms with Crippen molar-refractivity contribution in [2.45, 2.75) is 263 Å². The molecule has 4 aromatic heterocycles. The Hall–Kier alpha value is -6.56. The molecule has 4 saturated heterocycles. The maximum Gasteiger partial charge on any atom is 0.306 e. The zero-order chi connectivity index (χ0) is 78.1. The number of pyridine rings is 4. The van der Waals surface area contributed by atoms with Crippen LogP contribution in [0.5, 0.6) is 0 Å². The van der Waals surface area contributed by atoms with Crippen molar-refractivity contribution >= 4 is 46.2 Å². The van der Waals surface area contributed by atoms with Crippen LogP contribution in [0.1, 0.15) is 280 Å². The third-order valence-corrected chi connectivity index (χ3v) is 36.6. The molecular formula is C100H132N4O8. The standard InChI is InChI=1S/4C25H33NO2/c2*1-16-12-17(14-26-13-16)20-6-7-21-19-5-4-18-15-28-23(27)9-11-24(18,2)22(19)8-10-25(20,21)3;2*1-16-12-17(15-26-14-16)20-6-7-21-19-5-4-18-13-23(27)28-11-10-24(18,2)22(19)8-9-25(20,21)3/h2*6,12-14,18-19,21-22H,4-5,7-11,15H2,1-3H3;2*6,12,14-15,18-19,21-22H,4-5,7-11,13H2,1-3H3/t4*18-,19-,21-,22-,24-,25+/m0000/s1. The Morgan fingerprint density at radius 2 is 0.562 bits per heavy atom. The van der Waals surface area contributed by atoms with Crippen LogP contribution >= 0.6 is 0 Å². The SMILES string of the molecule is Cc1cncc(C2=CC[C@H]3[C@@H]4CC[C@H]5CC(=O)OCC[C@]5(C)[C@H]4CC[C@]23C)c1.Cc1cncc(C2=CC[C@H]3[C@@H]4CC[C@H]5CC(=O)OCC[C@]5(C)[C@H]4CC[C@]23C)c1.Cc1cncc(C2=CC[C@H]3[C@@H]4CC[C@H]5COC(=O)CC[C@]5(C)[C@H]4CC[C@]23C)c1.Cc1cncc(C2=CC[C@H]3[C@@H]4CC[C@H]5COC(=O)CC[C@]5(C)[C@H]4CC[C@]23C)c1. The van der Waals surface area contributed by atoms with Gasteiger partial charge in [0.05, 0.1) is 26.4 Å². The van der Waals surface area contributed by atoms with Gasteiger partial charge in [0.2, 0.25) is 0 Å². The monoisotopic (exact) mass is 1520 g/mol. The summed E-state index contributed by atoms with van der Waals surface area (Å²) in [4.78, 5) is 65.9. The number of fused-ring (bicyclic) bond motifs is 20. The zero-order valence-corrected chi connectivity index (χ0v) is 70.2. The lowest BCUT2D eigenvalue weighted by Gasteiger charge is -2.58. The lowest BCUT2D eigenvalue weighted by Crippen LogP contribution is -2.51. The fourth-order valence-corrected chi connectivity index (χ4v) is 30.3. The third kappa shape index (κ3) is 13.3. The van der Waals surface area contributed by atoms with E-state index in [2.05, 4.69) is 176 Å². The molecule has 4 aliphatic heterocycles. The predicted molar refractivity (Wildman–Crippen MR) is 442 cm³/mol. The van der Waals surface area contributed by atoms with E-state index in [0.717, 1.165) is 96.7 Å². The van der Waals surface area contributed by atoms with Crippen LogP contribution in [0.3, 0.4) is 0 Å². The van der Waals surface area contributed by atoms with Gasteiger partial charge in [-0.3, -0.25) is 39.1 Å². The molecule has 16 aliphatic rings. The summed E-state index contributed by atoms with van der Waals surface area (Å²) >= 11 is 0. The number of carbonyl (C=O) groups excluding carboxylic acids is 4. The Labute approximate surface area is 670 Å². The molecule has 12 aliphatic carbocycles. The largest absolute Gasteiger partial charge is 0.466 e. The summed E-state index contributed by atoms with van der Waals surface area (Å²) in [5, 5.41) is 0. The molecule has 0 unspecified atom stereocenters. The molecular weight excluding hydrogens is 1390 g/mol. The van der Waals surface area contributed by atoms with Crippen LogP contribution in [-0.4, -0.2) is 70.2 Å².